The molecule has 0 atom stereocenters. The smallest absolute Gasteiger partial charge is 0.264 e. The Hall–Kier alpha value is -1.37. The molecule has 1 N–H and O–H groups in total. The minimum absolute atomic E-state index is 0.253. The van der Waals surface area contributed by atoms with Crippen molar-refractivity contribution < 1.29 is 17.2 Å². The highest BCUT2D eigenvalue weighted by atomic mass is 35.5. The standard InChI is InChI=1S/C12H7Cl2F2NO2S/c13-7-3-1-5-9(11(7)15)17-20(18,19)10-6-2-4-8(14)12(10)16/h1-6,17H. The molecule has 0 aliphatic rings. The van der Waals surface area contributed by atoms with E-state index < -0.39 is 26.6 Å². The van der Waals surface area contributed by atoms with Crippen LogP contribution in [0.1, 0.15) is 0 Å². The summed E-state index contributed by atoms with van der Waals surface area (Å²) in [7, 11) is -4.31. The van der Waals surface area contributed by atoms with Gasteiger partial charge in [0.2, 0.25) is 0 Å². The Morgan fingerprint density at radius 3 is 2.10 bits per heavy atom. The van der Waals surface area contributed by atoms with Crippen molar-refractivity contribution in [3.8, 4) is 0 Å². The van der Waals surface area contributed by atoms with Gasteiger partial charge in [-0.1, -0.05) is 35.3 Å². The Balaban J connectivity index is 2.47. The summed E-state index contributed by atoms with van der Waals surface area (Å²) >= 11 is 11.1. The summed E-state index contributed by atoms with van der Waals surface area (Å²) < 4.78 is 53.3. The van der Waals surface area contributed by atoms with E-state index in [0.29, 0.717) is 0 Å². The van der Waals surface area contributed by atoms with Gasteiger partial charge in [0.1, 0.15) is 4.90 Å². The van der Waals surface area contributed by atoms with E-state index in [4.69, 9.17) is 23.2 Å². The predicted molar refractivity (Wildman–Crippen MR) is 73.6 cm³/mol. The van der Waals surface area contributed by atoms with Gasteiger partial charge in [-0.3, -0.25) is 4.72 Å². The lowest BCUT2D eigenvalue weighted by Crippen LogP contribution is -2.15. The summed E-state index contributed by atoms with van der Waals surface area (Å²) in [5.74, 6) is -2.05. The second-order valence-corrected chi connectivity index (χ2v) is 6.22. The Kier molecular flexibility index (Phi) is 4.17. The van der Waals surface area contributed by atoms with Gasteiger partial charge in [0, 0.05) is 0 Å². The summed E-state index contributed by atoms with van der Waals surface area (Å²) in [6.45, 7) is 0. The number of sulfonamides is 1. The molecule has 0 saturated carbocycles. The van der Waals surface area contributed by atoms with E-state index in [1.54, 1.807) is 0 Å². The fourth-order valence-corrected chi connectivity index (χ4v) is 3.04. The fourth-order valence-electron chi connectivity index (χ4n) is 1.47. The molecule has 0 fully saturated rings. The maximum Gasteiger partial charge on any atom is 0.264 e. The van der Waals surface area contributed by atoms with E-state index in [1.165, 1.54) is 30.3 Å². The van der Waals surface area contributed by atoms with E-state index in [0.717, 1.165) is 6.07 Å². The minimum atomic E-state index is -4.31. The molecule has 2 aromatic rings. The zero-order valence-corrected chi connectivity index (χ0v) is 12.0. The topological polar surface area (TPSA) is 46.2 Å². The number of anilines is 1. The maximum absolute atomic E-state index is 13.7. The highest BCUT2D eigenvalue weighted by Gasteiger charge is 2.22. The second-order valence-electron chi connectivity index (χ2n) is 3.76. The van der Waals surface area contributed by atoms with E-state index in [1.807, 2.05) is 4.72 Å². The summed E-state index contributed by atoms with van der Waals surface area (Å²) in [4.78, 5) is -0.677. The van der Waals surface area contributed by atoms with Gasteiger partial charge < -0.3 is 0 Å². The molecule has 0 aromatic heterocycles. The minimum Gasteiger partial charge on any atom is -0.277 e. The molecule has 0 aliphatic heterocycles. The van der Waals surface area contributed by atoms with Gasteiger partial charge >= 0.3 is 0 Å². The SMILES string of the molecule is O=S(=O)(Nc1cccc(Cl)c1F)c1cccc(Cl)c1F. The van der Waals surface area contributed by atoms with Crippen molar-refractivity contribution in [2.45, 2.75) is 4.90 Å². The van der Waals surface area contributed by atoms with Gasteiger partial charge in [-0.15, -0.1) is 0 Å². The molecule has 0 spiro atoms. The third-order valence-corrected chi connectivity index (χ3v) is 4.37. The molecule has 0 heterocycles. The van der Waals surface area contributed by atoms with E-state index in [9.17, 15) is 17.2 Å². The number of halogens is 4. The molecule has 0 aliphatic carbocycles. The van der Waals surface area contributed by atoms with E-state index in [2.05, 4.69) is 0 Å². The Morgan fingerprint density at radius 1 is 0.900 bits per heavy atom. The van der Waals surface area contributed by atoms with Crippen LogP contribution in [-0.2, 0) is 10.0 Å². The van der Waals surface area contributed by atoms with Crippen molar-refractivity contribution in [2.24, 2.45) is 0 Å². The first kappa shape index (κ1) is 15.0. The Bertz CT molecular complexity index is 766. The molecule has 106 valence electrons. The van der Waals surface area contributed by atoms with Crippen LogP contribution in [0.25, 0.3) is 0 Å². The zero-order chi connectivity index (χ0) is 14.9. The van der Waals surface area contributed by atoms with Crippen molar-refractivity contribution in [1.29, 1.82) is 0 Å². The van der Waals surface area contributed by atoms with Crippen LogP contribution < -0.4 is 4.72 Å². The van der Waals surface area contributed by atoms with Crippen LogP contribution in [-0.4, -0.2) is 8.42 Å². The lowest BCUT2D eigenvalue weighted by atomic mass is 10.3. The zero-order valence-electron chi connectivity index (χ0n) is 9.70. The van der Waals surface area contributed by atoms with Crippen LogP contribution in [0, 0.1) is 11.6 Å². The molecular weight excluding hydrogens is 331 g/mol. The first-order valence-electron chi connectivity index (χ1n) is 5.24. The number of nitrogens with one attached hydrogen (secondary N) is 1. The van der Waals surface area contributed by atoms with Gasteiger partial charge in [-0.25, -0.2) is 17.2 Å². The van der Waals surface area contributed by atoms with Crippen LogP contribution in [0.2, 0.25) is 10.0 Å². The van der Waals surface area contributed by atoms with Crippen LogP contribution in [0.15, 0.2) is 41.3 Å². The highest BCUT2D eigenvalue weighted by Crippen LogP contribution is 2.27. The summed E-state index contributed by atoms with van der Waals surface area (Å²) in [6.07, 6.45) is 0. The molecule has 8 heteroatoms. The fraction of sp³-hybridized carbons (Fsp3) is 0. The molecule has 0 bridgehead atoms. The molecule has 3 nitrogen and oxygen atoms in total. The Morgan fingerprint density at radius 2 is 1.45 bits per heavy atom. The van der Waals surface area contributed by atoms with Crippen LogP contribution in [0.3, 0.4) is 0 Å². The maximum atomic E-state index is 13.7. The third kappa shape index (κ3) is 2.87. The lowest BCUT2D eigenvalue weighted by molar-refractivity contribution is 0.569. The van der Waals surface area contributed by atoms with Crippen LogP contribution in [0.4, 0.5) is 14.5 Å². The average molecular weight is 338 g/mol. The average Bonchev–Trinajstić information content (AvgIpc) is 2.38. The van der Waals surface area contributed by atoms with E-state index >= 15 is 0 Å². The quantitative estimate of drug-likeness (QED) is 0.917. The molecule has 0 amide bonds. The number of hydrogen-bond donors (Lipinski definition) is 1. The monoisotopic (exact) mass is 337 g/mol. The molecule has 0 unspecified atom stereocenters. The number of benzene rings is 2. The Labute approximate surface area is 124 Å². The van der Waals surface area contributed by atoms with E-state index in [-0.39, 0.29) is 15.7 Å². The van der Waals surface area contributed by atoms with Crippen LogP contribution >= 0.6 is 23.2 Å². The van der Waals surface area contributed by atoms with Crippen molar-refractivity contribution in [2.75, 3.05) is 4.72 Å². The molecular formula is C12H7Cl2F2NO2S. The van der Waals surface area contributed by atoms with Gasteiger partial charge in [0.15, 0.2) is 11.6 Å². The first-order chi connectivity index (χ1) is 9.33. The van der Waals surface area contributed by atoms with Gasteiger partial charge in [0.05, 0.1) is 15.7 Å². The van der Waals surface area contributed by atoms with Gasteiger partial charge in [-0.05, 0) is 24.3 Å². The highest BCUT2D eigenvalue weighted by molar-refractivity contribution is 7.92. The molecule has 2 aromatic carbocycles. The van der Waals surface area contributed by atoms with Gasteiger partial charge in [0.25, 0.3) is 10.0 Å². The summed E-state index contributed by atoms with van der Waals surface area (Å²) in [5.41, 5.74) is -0.378. The molecule has 0 radical (unpaired) electrons. The van der Waals surface area contributed by atoms with Crippen molar-refractivity contribution in [1.82, 2.24) is 0 Å². The van der Waals surface area contributed by atoms with Crippen molar-refractivity contribution in [3.05, 3.63) is 58.1 Å². The first-order valence-corrected chi connectivity index (χ1v) is 7.47. The molecule has 20 heavy (non-hydrogen) atoms. The van der Waals surface area contributed by atoms with Gasteiger partial charge in [-0.2, -0.15) is 0 Å². The van der Waals surface area contributed by atoms with Crippen LogP contribution in [0.5, 0.6) is 0 Å². The predicted octanol–water partition coefficient (Wildman–Crippen LogP) is 4.07. The van der Waals surface area contributed by atoms with Crippen molar-refractivity contribution >= 4 is 38.9 Å². The number of hydrogen-bond acceptors (Lipinski definition) is 2. The normalized spacial score (nSPS) is 11.4. The molecule has 2 rings (SSSR count). The summed E-state index contributed by atoms with van der Waals surface area (Å²) in [6, 6.07) is 7.28. The number of rotatable bonds is 3. The summed E-state index contributed by atoms with van der Waals surface area (Å²) in [5, 5.41) is -0.601. The third-order valence-electron chi connectivity index (χ3n) is 2.40. The second kappa shape index (κ2) is 5.55. The molecule has 0 saturated heterocycles. The largest absolute Gasteiger partial charge is 0.277 e. The lowest BCUT2D eigenvalue weighted by Gasteiger charge is -2.10. The van der Waals surface area contributed by atoms with Crippen molar-refractivity contribution in [3.63, 3.8) is 0 Å².